The van der Waals surface area contributed by atoms with Gasteiger partial charge in [0.25, 0.3) is 0 Å². The number of nitrogens with one attached hydrogen (secondary N) is 1. The third kappa shape index (κ3) is 6.01. The van der Waals surface area contributed by atoms with Gasteiger partial charge in [0.05, 0.1) is 5.56 Å². The van der Waals surface area contributed by atoms with Crippen LogP contribution < -0.4 is 5.32 Å². The number of esters is 1. The first kappa shape index (κ1) is 19.7. The molecule has 26 heavy (non-hydrogen) atoms. The zero-order valence-electron chi connectivity index (χ0n) is 14.6. The molecule has 0 saturated heterocycles. The lowest BCUT2D eigenvalue weighted by Gasteiger charge is -2.08. The number of halogens is 1. The van der Waals surface area contributed by atoms with Crippen molar-refractivity contribution in [3.05, 3.63) is 64.7 Å². The van der Waals surface area contributed by atoms with Crippen LogP contribution in [0.4, 0.5) is 5.69 Å². The zero-order valence-corrected chi connectivity index (χ0v) is 15.4. The van der Waals surface area contributed by atoms with E-state index in [4.69, 9.17) is 16.3 Å². The molecule has 0 radical (unpaired) electrons. The third-order valence-corrected chi connectivity index (χ3v) is 3.75. The number of benzene rings is 2. The van der Waals surface area contributed by atoms with Crippen LogP contribution in [0, 0.1) is 5.92 Å². The molecule has 0 aliphatic heterocycles. The van der Waals surface area contributed by atoms with Gasteiger partial charge >= 0.3 is 5.97 Å². The van der Waals surface area contributed by atoms with Crippen molar-refractivity contribution < 1.29 is 19.1 Å². The number of Topliss-reactive ketones (excluding diaryl/α,β-unsaturated/α-hetero) is 1. The standard InChI is InChI=1S/C20H20ClNO4/c1-13(2)11-19(24)22-17-9-5-14(6-10-17)18(23)12-26-20(25)15-3-7-16(21)8-4-15/h3-10,13H,11-12H2,1-2H3,(H,22,24). The smallest absolute Gasteiger partial charge is 0.338 e. The lowest BCUT2D eigenvalue weighted by Crippen LogP contribution is -2.15. The lowest BCUT2D eigenvalue weighted by molar-refractivity contribution is -0.116. The van der Waals surface area contributed by atoms with Gasteiger partial charge in [-0.05, 0) is 54.4 Å². The summed E-state index contributed by atoms with van der Waals surface area (Å²) >= 11 is 5.76. The fraction of sp³-hybridized carbons (Fsp3) is 0.250. The van der Waals surface area contributed by atoms with Crippen molar-refractivity contribution in [2.75, 3.05) is 11.9 Å². The van der Waals surface area contributed by atoms with Crippen LogP contribution in [0.5, 0.6) is 0 Å². The molecule has 2 aromatic rings. The number of anilines is 1. The van der Waals surface area contributed by atoms with E-state index in [1.165, 1.54) is 12.1 Å². The van der Waals surface area contributed by atoms with Gasteiger partial charge in [-0.15, -0.1) is 0 Å². The normalized spacial score (nSPS) is 10.5. The summed E-state index contributed by atoms with van der Waals surface area (Å²) < 4.78 is 5.02. The molecule has 2 aromatic carbocycles. The molecule has 2 rings (SSSR count). The first-order chi connectivity index (χ1) is 12.3. The highest BCUT2D eigenvalue weighted by Gasteiger charge is 2.12. The molecule has 6 heteroatoms. The number of ketones is 1. The fourth-order valence-corrected chi connectivity index (χ4v) is 2.33. The maximum atomic E-state index is 12.1. The van der Waals surface area contributed by atoms with Crippen molar-refractivity contribution in [2.45, 2.75) is 20.3 Å². The molecular formula is C20H20ClNO4. The molecule has 0 fully saturated rings. The highest BCUT2D eigenvalue weighted by Crippen LogP contribution is 2.13. The van der Waals surface area contributed by atoms with Crippen LogP contribution in [0.15, 0.2) is 48.5 Å². The molecule has 0 atom stereocenters. The molecule has 0 saturated carbocycles. The fourth-order valence-electron chi connectivity index (χ4n) is 2.21. The summed E-state index contributed by atoms with van der Waals surface area (Å²) in [6.45, 7) is 3.57. The van der Waals surface area contributed by atoms with Gasteiger partial charge in [-0.3, -0.25) is 9.59 Å². The number of amides is 1. The van der Waals surface area contributed by atoms with Crippen LogP contribution in [-0.4, -0.2) is 24.3 Å². The van der Waals surface area contributed by atoms with E-state index in [-0.39, 0.29) is 24.2 Å². The van der Waals surface area contributed by atoms with E-state index in [1.54, 1.807) is 36.4 Å². The van der Waals surface area contributed by atoms with Gasteiger partial charge in [0, 0.05) is 22.7 Å². The largest absolute Gasteiger partial charge is 0.454 e. The van der Waals surface area contributed by atoms with Crippen LogP contribution in [0.25, 0.3) is 0 Å². The van der Waals surface area contributed by atoms with Gasteiger partial charge in [-0.25, -0.2) is 4.79 Å². The minimum Gasteiger partial charge on any atom is -0.454 e. The highest BCUT2D eigenvalue weighted by molar-refractivity contribution is 6.30. The topological polar surface area (TPSA) is 72.5 Å². The average molecular weight is 374 g/mol. The Kier molecular flexibility index (Phi) is 6.92. The molecule has 0 spiro atoms. The van der Waals surface area contributed by atoms with Crippen LogP contribution >= 0.6 is 11.6 Å². The second-order valence-corrected chi connectivity index (χ2v) is 6.67. The molecule has 0 aliphatic rings. The van der Waals surface area contributed by atoms with Crippen molar-refractivity contribution in [1.29, 1.82) is 0 Å². The monoisotopic (exact) mass is 373 g/mol. The minimum absolute atomic E-state index is 0.0732. The second-order valence-electron chi connectivity index (χ2n) is 6.23. The van der Waals surface area contributed by atoms with Crippen molar-refractivity contribution >= 4 is 34.9 Å². The Morgan fingerprint density at radius 1 is 0.962 bits per heavy atom. The predicted molar refractivity (Wildman–Crippen MR) is 101 cm³/mol. The summed E-state index contributed by atoms with van der Waals surface area (Å²) in [6, 6.07) is 12.7. The Hall–Kier alpha value is -2.66. The molecule has 0 aromatic heterocycles. The minimum atomic E-state index is -0.590. The molecule has 0 aliphatic carbocycles. The number of carbonyl (C=O) groups excluding carboxylic acids is 3. The van der Waals surface area contributed by atoms with Gasteiger partial charge in [-0.2, -0.15) is 0 Å². The molecule has 1 amide bonds. The first-order valence-electron chi connectivity index (χ1n) is 8.21. The summed E-state index contributed by atoms with van der Waals surface area (Å²) in [5.41, 5.74) is 1.34. The van der Waals surface area contributed by atoms with Gasteiger partial charge in [0.1, 0.15) is 0 Å². The Morgan fingerprint density at radius 3 is 2.12 bits per heavy atom. The molecule has 136 valence electrons. The first-order valence-corrected chi connectivity index (χ1v) is 8.58. The number of hydrogen-bond acceptors (Lipinski definition) is 4. The molecule has 0 bridgehead atoms. The van der Waals surface area contributed by atoms with E-state index in [0.29, 0.717) is 28.3 Å². The van der Waals surface area contributed by atoms with Crippen molar-refractivity contribution in [2.24, 2.45) is 5.92 Å². The number of rotatable bonds is 7. The Labute approximate surface area is 157 Å². The molecular weight excluding hydrogens is 354 g/mol. The molecule has 0 heterocycles. The Morgan fingerprint density at radius 2 is 1.54 bits per heavy atom. The zero-order chi connectivity index (χ0) is 19.1. The maximum Gasteiger partial charge on any atom is 0.338 e. The summed E-state index contributed by atoms with van der Waals surface area (Å²) in [7, 11) is 0. The summed E-state index contributed by atoms with van der Waals surface area (Å²) in [6.07, 6.45) is 0.432. The number of carbonyl (C=O) groups is 3. The second kappa shape index (κ2) is 9.15. The number of ether oxygens (including phenoxy) is 1. The molecule has 5 nitrogen and oxygen atoms in total. The summed E-state index contributed by atoms with van der Waals surface area (Å²) in [5.74, 6) is -0.720. The van der Waals surface area contributed by atoms with E-state index < -0.39 is 5.97 Å². The highest BCUT2D eigenvalue weighted by atomic mass is 35.5. The van der Waals surface area contributed by atoms with Gasteiger partial charge < -0.3 is 10.1 Å². The van der Waals surface area contributed by atoms with Crippen molar-refractivity contribution in [3.8, 4) is 0 Å². The van der Waals surface area contributed by atoms with Gasteiger partial charge in [-0.1, -0.05) is 25.4 Å². The predicted octanol–water partition coefficient (Wildman–Crippen LogP) is 4.36. The van der Waals surface area contributed by atoms with E-state index in [9.17, 15) is 14.4 Å². The quantitative estimate of drug-likeness (QED) is 0.578. The summed E-state index contributed by atoms with van der Waals surface area (Å²) in [4.78, 5) is 35.7. The Balaban J connectivity index is 1.88. The number of hydrogen-bond donors (Lipinski definition) is 1. The molecule has 1 N–H and O–H groups in total. The van der Waals surface area contributed by atoms with Crippen LogP contribution in [0.2, 0.25) is 5.02 Å². The third-order valence-electron chi connectivity index (χ3n) is 3.50. The van der Waals surface area contributed by atoms with E-state index >= 15 is 0 Å². The Bertz CT molecular complexity index is 782. The van der Waals surface area contributed by atoms with Gasteiger partial charge in [0.2, 0.25) is 5.91 Å². The van der Waals surface area contributed by atoms with Crippen LogP contribution in [0.3, 0.4) is 0 Å². The average Bonchev–Trinajstić information content (AvgIpc) is 2.60. The SMILES string of the molecule is CC(C)CC(=O)Nc1ccc(C(=O)COC(=O)c2ccc(Cl)cc2)cc1. The van der Waals surface area contributed by atoms with E-state index in [1.807, 2.05) is 13.8 Å². The van der Waals surface area contributed by atoms with Gasteiger partial charge in [0.15, 0.2) is 12.4 Å². The van der Waals surface area contributed by atoms with Crippen LogP contribution in [-0.2, 0) is 9.53 Å². The summed E-state index contributed by atoms with van der Waals surface area (Å²) in [5, 5.41) is 3.28. The van der Waals surface area contributed by atoms with E-state index in [2.05, 4.69) is 5.32 Å². The van der Waals surface area contributed by atoms with E-state index in [0.717, 1.165) is 0 Å². The lowest BCUT2D eigenvalue weighted by atomic mass is 10.1. The maximum absolute atomic E-state index is 12.1. The van der Waals surface area contributed by atoms with Crippen molar-refractivity contribution in [1.82, 2.24) is 0 Å². The molecule has 0 unspecified atom stereocenters. The van der Waals surface area contributed by atoms with Crippen LogP contribution in [0.1, 0.15) is 41.0 Å². The van der Waals surface area contributed by atoms with Crippen molar-refractivity contribution in [3.63, 3.8) is 0 Å².